The van der Waals surface area contributed by atoms with Gasteiger partial charge in [0.1, 0.15) is 11.1 Å². The highest BCUT2D eigenvalue weighted by atomic mass is 32.2. The molecule has 0 amide bonds. The number of methoxy groups -OCH3 is 1. The van der Waals surface area contributed by atoms with E-state index in [9.17, 15) is 8.42 Å². The third kappa shape index (κ3) is 3.74. The van der Waals surface area contributed by atoms with E-state index in [4.69, 9.17) is 4.74 Å². The fourth-order valence-electron chi connectivity index (χ4n) is 1.23. The second kappa shape index (κ2) is 5.90. The summed E-state index contributed by atoms with van der Waals surface area (Å²) < 4.78 is 29.6. The molecule has 0 fully saturated rings. The molecule has 0 aliphatic carbocycles. The summed E-state index contributed by atoms with van der Waals surface area (Å²) in [6, 6.07) is 0. The summed E-state index contributed by atoms with van der Waals surface area (Å²) >= 11 is 1.48. The summed E-state index contributed by atoms with van der Waals surface area (Å²) in [5, 5.41) is 2.73. The van der Waals surface area contributed by atoms with Gasteiger partial charge in [-0.25, -0.2) is 13.4 Å². The minimum absolute atomic E-state index is 0.0539. The molecule has 5 nitrogen and oxygen atoms in total. The molecule has 0 aliphatic rings. The van der Waals surface area contributed by atoms with E-state index < -0.39 is 10.0 Å². The van der Waals surface area contributed by atoms with Gasteiger partial charge >= 0.3 is 0 Å². The van der Waals surface area contributed by atoms with Crippen LogP contribution in [-0.2, 0) is 21.3 Å². The summed E-state index contributed by atoms with van der Waals surface area (Å²) in [5.74, 6) is 0.106. The van der Waals surface area contributed by atoms with Crippen molar-refractivity contribution < 1.29 is 13.2 Å². The van der Waals surface area contributed by atoms with Crippen LogP contribution in [-0.4, -0.2) is 37.6 Å². The van der Waals surface area contributed by atoms with Crippen LogP contribution in [0, 0.1) is 0 Å². The third-order valence-electron chi connectivity index (χ3n) is 2.50. The SMILES string of the molecule is CCS(=O)(=O)N(C)Cc1csc([C@H](C)OC)n1. The number of sulfonamides is 1. The average Bonchev–Trinajstić information content (AvgIpc) is 2.76. The highest BCUT2D eigenvalue weighted by Crippen LogP contribution is 2.21. The third-order valence-corrected chi connectivity index (χ3v) is 5.36. The molecule has 1 aromatic rings. The molecular weight excluding hydrogens is 260 g/mol. The lowest BCUT2D eigenvalue weighted by Crippen LogP contribution is -2.27. The minimum Gasteiger partial charge on any atom is -0.375 e. The maximum absolute atomic E-state index is 11.6. The zero-order valence-electron chi connectivity index (χ0n) is 10.5. The van der Waals surface area contributed by atoms with Crippen LogP contribution in [0.15, 0.2) is 5.38 Å². The molecule has 1 atom stereocenters. The Labute approximate surface area is 106 Å². The van der Waals surface area contributed by atoms with E-state index in [1.807, 2.05) is 12.3 Å². The molecule has 0 bridgehead atoms. The summed E-state index contributed by atoms with van der Waals surface area (Å²) in [6.45, 7) is 3.85. The van der Waals surface area contributed by atoms with Gasteiger partial charge in [0, 0.05) is 19.5 Å². The van der Waals surface area contributed by atoms with Gasteiger partial charge in [-0.1, -0.05) is 0 Å². The zero-order chi connectivity index (χ0) is 13.1. The van der Waals surface area contributed by atoms with Gasteiger partial charge in [-0.2, -0.15) is 4.31 Å². The van der Waals surface area contributed by atoms with Crippen molar-refractivity contribution in [3.8, 4) is 0 Å². The molecule has 1 aromatic heterocycles. The van der Waals surface area contributed by atoms with Gasteiger partial charge in [0.15, 0.2) is 0 Å². The fraction of sp³-hybridized carbons (Fsp3) is 0.700. The summed E-state index contributed by atoms with van der Waals surface area (Å²) in [7, 11) is 0.0452. The maximum Gasteiger partial charge on any atom is 0.213 e. The molecule has 1 rings (SSSR count). The number of aromatic nitrogens is 1. The summed E-state index contributed by atoms with van der Waals surface area (Å²) in [6.07, 6.45) is -0.0539. The lowest BCUT2D eigenvalue weighted by molar-refractivity contribution is 0.119. The molecule has 7 heteroatoms. The van der Waals surface area contributed by atoms with Crippen molar-refractivity contribution in [3.63, 3.8) is 0 Å². The first-order chi connectivity index (χ1) is 7.90. The molecule has 0 N–H and O–H groups in total. The van der Waals surface area contributed by atoms with E-state index in [2.05, 4.69) is 4.98 Å². The van der Waals surface area contributed by atoms with Crippen molar-refractivity contribution in [2.75, 3.05) is 19.9 Å². The predicted octanol–water partition coefficient (Wildman–Crippen LogP) is 1.63. The van der Waals surface area contributed by atoms with Gasteiger partial charge in [-0.15, -0.1) is 11.3 Å². The van der Waals surface area contributed by atoms with E-state index in [-0.39, 0.29) is 11.9 Å². The molecule has 98 valence electrons. The Kier molecular flexibility index (Phi) is 5.05. The monoisotopic (exact) mass is 278 g/mol. The van der Waals surface area contributed by atoms with Crippen LogP contribution < -0.4 is 0 Å². The largest absolute Gasteiger partial charge is 0.375 e. The molecule has 0 aliphatic heterocycles. The molecule has 0 saturated heterocycles. The van der Waals surface area contributed by atoms with Crippen molar-refractivity contribution in [2.45, 2.75) is 26.5 Å². The van der Waals surface area contributed by atoms with E-state index in [0.717, 1.165) is 10.7 Å². The van der Waals surface area contributed by atoms with Crippen molar-refractivity contribution in [1.29, 1.82) is 0 Å². The lowest BCUT2D eigenvalue weighted by Gasteiger charge is -2.14. The van der Waals surface area contributed by atoms with Crippen molar-refractivity contribution in [1.82, 2.24) is 9.29 Å². The number of nitrogens with zero attached hydrogens (tertiary/aromatic N) is 2. The molecular formula is C10H18N2O3S2. The van der Waals surface area contributed by atoms with Crippen molar-refractivity contribution >= 4 is 21.4 Å². The number of rotatable bonds is 6. The van der Waals surface area contributed by atoms with E-state index >= 15 is 0 Å². The first-order valence-electron chi connectivity index (χ1n) is 5.31. The highest BCUT2D eigenvalue weighted by Gasteiger charge is 2.17. The van der Waals surface area contributed by atoms with E-state index in [1.165, 1.54) is 15.6 Å². The van der Waals surface area contributed by atoms with Crippen LogP contribution in [0.2, 0.25) is 0 Å². The first kappa shape index (κ1) is 14.6. The topological polar surface area (TPSA) is 59.5 Å². The molecule has 0 radical (unpaired) electrons. The van der Waals surface area contributed by atoms with Crippen LogP contribution in [0.5, 0.6) is 0 Å². The normalized spacial score (nSPS) is 14.2. The Morgan fingerprint density at radius 1 is 1.59 bits per heavy atom. The van der Waals surface area contributed by atoms with Gasteiger partial charge in [0.2, 0.25) is 10.0 Å². The Morgan fingerprint density at radius 2 is 2.24 bits per heavy atom. The summed E-state index contributed by atoms with van der Waals surface area (Å²) in [4.78, 5) is 4.36. The summed E-state index contributed by atoms with van der Waals surface area (Å²) in [5.41, 5.74) is 0.758. The van der Waals surface area contributed by atoms with Gasteiger partial charge in [-0.3, -0.25) is 0 Å². The number of ether oxygens (including phenoxy) is 1. The average molecular weight is 278 g/mol. The van der Waals surface area contributed by atoms with Gasteiger partial charge in [-0.05, 0) is 13.8 Å². The molecule has 1 heterocycles. The second-order valence-corrected chi connectivity index (χ2v) is 6.97. The Hall–Kier alpha value is -0.500. The Bertz CT molecular complexity index is 456. The first-order valence-corrected chi connectivity index (χ1v) is 7.80. The van der Waals surface area contributed by atoms with Crippen LogP contribution in [0.4, 0.5) is 0 Å². The number of hydrogen-bond acceptors (Lipinski definition) is 5. The standard InChI is InChI=1S/C10H18N2O3S2/c1-5-17(13,14)12(3)6-9-7-16-10(11-9)8(2)15-4/h7-8H,5-6H2,1-4H3/t8-/m0/s1. The van der Waals surface area contributed by atoms with Gasteiger partial charge in [0.05, 0.1) is 18.0 Å². The zero-order valence-corrected chi connectivity index (χ0v) is 12.1. The smallest absolute Gasteiger partial charge is 0.213 e. The number of thiazole rings is 1. The highest BCUT2D eigenvalue weighted by molar-refractivity contribution is 7.89. The molecule has 17 heavy (non-hydrogen) atoms. The van der Waals surface area contributed by atoms with Crippen LogP contribution in [0.1, 0.15) is 30.7 Å². The molecule has 0 aromatic carbocycles. The molecule has 0 saturated carbocycles. The quantitative estimate of drug-likeness (QED) is 0.793. The van der Waals surface area contributed by atoms with Crippen molar-refractivity contribution in [3.05, 3.63) is 16.1 Å². The molecule has 0 spiro atoms. The fourth-order valence-corrected chi connectivity index (χ4v) is 2.84. The van der Waals surface area contributed by atoms with Gasteiger partial charge in [0.25, 0.3) is 0 Å². The lowest BCUT2D eigenvalue weighted by atomic mass is 10.4. The van der Waals surface area contributed by atoms with Crippen molar-refractivity contribution in [2.24, 2.45) is 0 Å². The second-order valence-electron chi connectivity index (χ2n) is 3.71. The van der Waals surface area contributed by atoms with Crippen LogP contribution in [0.25, 0.3) is 0 Å². The maximum atomic E-state index is 11.6. The number of hydrogen-bond donors (Lipinski definition) is 0. The van der Waals surface area contributed by atoms with Crippen LogP contribution >= 0.6 is 11.3 Å². The van der Waals surface area contributed by atoms with E-state index in [0.29, 0.717) is 6.54 Å². The Balaban J connectivity index is 2.73. The Morgan fingerprint density at radius 3 is 2.76 bits per heavy atom. The predicted molar refractivity (Wildman–Crippen MR) is 68.5 cm³/mol. The molecule has 0 unspecified atom stereocenters. The van der Waals surface area contributed by atoms with Crippen LogP contribution in [0.3, 0.4) is 0 Å². The van der Waals surface area contributed by atoms with E-state index in [1.54, 1.807) is 21.1 Å². The minimum atomic E-state index is -3.15. The van der Waals surface area contributed by atoms with Gasteiger partial charge < -0.3 is 4.74 Å².